The van der Waals surface area contributed by atoms with Gasteiger partial charge in [-0.1, -0.05) is 12.5 Å². The number of carbonyl (C=O) groups excluding carboxylic acids is 2. The average Bonchev–Trinajstić information content (AvgIpc) is 3.10. The van der Waals surface area contributed by atoms with E-state index in [9.17, 15) is 9.59 Å². The molecule has 7 nitrogen and oxygen atoms in total. The minimum absolute atomic E-state index is 0.0101. The number of ether oxygens (including phenoxy) is 1. The van der Waals surface area contributed by atoms with Crippen molar-refractivity contribution in [3.63, 3.8) is 0 Å². The molecule has 3 rings (SSSR count). The van der Waals surface area contributed by atoms with Crippen molar-refractivity contribution < 1.29 is 18.7 Å². The van der Waals surface area contributed by atoms with E-state index in [1.807, 2.05) is 0 Å². The second-order valence-electron chi connectivity index (χ2n) is 6.53. The normalized spacial score (nSPS) is 14.9. The van der Waals surface area contributed by atoms with Crippen LogP contribution in [0, 0.1) is 5.41 Å². The lowest BCUT2D eigenvalue weighted by Crippen LogP contribution is -2.30. The van der Waals surface area contributed by atoms with Gasteiger partial charge in [-0.25, -0.2) is 0 Å². The molecule has 0 bridgehead atoms. The van der Waals surface area contributed by atoms with Crippen molar-refractivity contribution in [1.82, 2.24) is 5.32 Å². The molecule has 1 aliphatic carbocycles. The fourth-order valence-corrected chi connectivity index (χ4v) is 3.30. The monoisotopic (exact) mass is 357 g/mol. The topological polar surface area (TPSA) is 118 Å². The van der Waals surface area contributed by atoms with Gasteiger partial charge in [0.1, 0.15) is 11.9 Å². The Bertz CT molecular complexity index is 821. The van der Waals surface area contributed by atoms with E-state index in [1.54, 1.807) is 12.1 Å². The molecule has 2 aromatic rings. The Kier molecular flexibility index (Phi) is 5.55. The fraction of sp³-hybridized carbons (Fsp3) is 0.421. The van der Waals surface area contributed by atoms with Gasteiger partial charge < -0.3 is 20.2 Å². The maximum atomic E-state index is 12.6. The zero-order valence-electron chi connectivity index (χ0n) is 14.5. The lowest BCUT2D eigenvalue weighted by molar-refractivity contribution is -0.150. The first kappa shape index (κ1) is 18.0. The highest BCUT2D eigenvalue weighted by Crippen LogP contribution is 2.24. The molecular weight excluding hydrogens is 334 g/mol. The minimum atomic E-state index is -0.396. The van der Waals surface area contributed by atoms with E-state index < -0.39 is 5.91 Å². The number of hydrogen-bond acceptors (Lipinski definition) is 5. The molecule has 0 radical (unpaired) electrons. The number of amidine groups is 1. The summed E-state index contributed by atoms with van der Waals surface area (Å²) in [5.74, 6) is -0.895. The summed E-state index contributed by atoms with van der Waals surface area (Å²) < 4.78 is 10.6. The molecule has 4 N–H and O–H groups in total. The first-order valence-electron chi connectivity index (χ1n) is 8.87. The average molecular weight is 357 g/mol. The summed E-state index contributed by atoms with van der Waals surface area (Å²) in [6, 6.07) is 3.36. The number of nitrogen functional groups attached to an aromatic ring is 1. The number of fused-ring (bicyclic) bond motifs is 1. The Hall–Kier alpha value is -2.83. The smallest absolute Gasteiger partial charge is 0.307 e. The van der Waals surface area contributed by atoms with Crippen LogP contribution in [-0.2, 0) is 9.53 Å². The van der Waals surface area contributed by atoms with Crippen molar-refractivity contribution in [2.45, 2.75) is 44.6 Å². The zero-order chi connectivity index (χ0) is 18.5. The van der Waals surface area contributed by atoms with E-state index >= 15 is 0 Å². The maximum Gasteiger partial charge on any atom is 0.307 e. The van der Waals surface area contributed by atoms with Gasteiger partial charge in [0, 0.05) is 22.9 Å². The van der Waals surface area contributed by atoms with Crippen molar-refractivity contribution in [3.05, 3.63) is 35.8 Å². The Morgan fingerprint density at radius 2 is 2.00 bits per heavy atom. The summed E-state index contributed by atoms with van der Waals surface area (Å²) >= 11 is 0. The molecule has 0 aliphatic heterocycles. The first-order valence-corrected chi connectivity index (χ1v) is 8.87. The number of benzene rings is 1. The number of esters is 1. The molecule has 0 atom stereocenters. The highest BCUT2D eigenvalue weighted by molar-refractivity contribution is 6.15. The highest BCUT2D eigenvalue weighted by atomic mass is 16.5. The second-order valence-corrected chi connectivity index (χ2v) is 6.53. The van der Waals surface area contributed by atoms with E-state index in [4.69, 9.17) is 20.3 Å². The Balaban J connectivity index is 1.60. The third-order valence-corrected chi connectivity index (χ3v) is 4.64. The molecule has 1 amide bonds. The molecule has 1 aliphatic rings. The number of furan rings is 1. The predicted molar refractivity (Wildman–Crippen MR) is 97.1 cm³/mol. The van der Waals surface area contributed by atoms with Gasteiger partial charge in [-0.2, -0.15) is 0 Å². The van der Waals surface area contributed by atoms with E-state index in [2.05, 4.69) is 5.32 Å². The Labute approximate surface area is 151 Å². The number of amides is 1. The summed E-state index contributed by atoms with van der Waals surface area (Å²) in [4.78, 5) is 24.5. The van der Waals surface area contributed by atoms with Crippen LogP contribution >= 0.6 is 0 Å². The standard InChI is InChI=1S/C19H23N3O4/c20-18(21)14-7-6-12-10-25-11-15(12)17(14)19(24)22-9-8-16(23)26-13-4-2-1-3-5-13/h6-7,10-11,13H,1-5,8-9H2,(H3,20,21)(H,22,24). The molecule has 138 valence electrons. The predicted octanol–water partition coefficient (Wildman–Crippen LogP) is 2.71. The van der Waals surface area contributed by atoms with Gasteiger partial charge in [0.15, 0.2) is 0 Å². The fourth-order valence-electron chi connectivity index (χ4n) is 3.30. The summed E-state index contributed by atoms with van der Waals surface area (Å²) in [6.07, 6.45) is 8.32. The molecule has 0 saturated heterocycles. The quantitative estimate of drug-likeness (QED) is 0.417. The van der Waals surface area contributed by atoms with Crippen molar-refractivity contribution in [1.29, 1.82) is 5.41 Å². The van der Waals surface area contributed by atoms with Crippen molar-refractivity contribution >= 4 is 28.5 Å². The van der Waals surface area contributed by atoms with E-state index in [-0.39, 0.29) is 36.4 Å². The van der Waals surface area contributed by atoms with Gasteiger partial charge in [0.2, 0.25) is 0 Å². The molecule has 1 aromatic heterocycles. The van der Waals surface area contributed by atoms with Crippen molar-refractivity contribution in [2.75, 3.05) is 6.54 Å². The molecule has 1 heterocycles. The second kappa shape index (κ2) is 8.03. The van der Waals surface area contributed by atoms with E-state index in [1.165, 1.54) is 18.9 Å². The van der Waals surface area contributed by atoms with Crippen LogP contribution in [0.4, 0.5) is 0 Å². The zero-order valence-corrected chi connectivity index (χ0v) is 14.5. The Morgan fingerprint density at radius 1 is 1.23 bits per heavy atom. The summed E-state index contributed by atoms with van der Waals surface area (Å²) in [5, 5.41) is 11.7. The Morgan fingerprint density at radius 3 is 2.73 bits per heavy atom. The van der Waals surface area contributed by atoms with E-state index in [0.717, 1.165) is 31.1 Å². The van der Waals surface area contributed by atoms with Crippen LogP contribution in [0.3, 0.4) is 0 Å². The first-order chi connectivity index (χ1) is 12.6. The van der Waals surface area contributed by atoms with Gasteiger partial charge in [-0.15, -0.1) is 0 Å². The van der Waals surface area contributed by atoms with Crippen LogP contribution in [0.15, 0.2) is 29.1 Å². The van der Waals surface area contributed by atoms with Gasteiger partial charge in [0.05, 0.1) is 24.5 Å². The van der Waals surface area contributed by atoms with Crippen LogP contribution in [0.1, 0.15) is 54.4 Å². The van der Waals surface area contributed by atoms with Crippen LogP contribution in [0.5, 0.6) is 0 Å². The van der Waals surface area contributed by atoms with Crippen molar-refractivity contribution in [2.24, 2.45) is 5.73 Å². The molecule has 1 aromatic carbocycles. The summed E-state index contributed by atoms with van der Waals surface area (Å²) in [5.41, 5.74) is 6.21. The minimum Gasteiger partial charge on any atom is -0.471 e. The number of nitrogens with one attached hydrogen (secondary N) is 2. The van der Waals surface area contributed by atoms with Gasteiger partial charge in [-0.3, -0.25) is 15.0 Å². The molecule has 0 spiro atoms. The lowest BCUT2D eigenvalue weighted by Gasteiger charge is -2.21. The number of rotatable bonds is 6. The molecule has 1 fully saturated rings. The third kappa shape index (κ3) is 4.04. The number of nitrogens with two attached hydrogens (primary N) is 1. The van der Waals surface area contributed by atoms with Gasteiger partial charge in [0.25, 0.3) is 5.91 Å². The lowest BCUT2D eigenvalue weighted by atomic mass is 9.98. The van der Waals surface area contributed by atoms with Gasteiger partial charge in [-0.05, 0) is 31.7 Å². The van der Waals surface area contributed by atoms with Crippen LogP contribution < -0.4 is 11.1 Å². The van der Waals surface area contributed by atoms with Gasteiger partial charge >= 0.3 is 5.97 Å². The van der Waals surface area contributed by atoms with Crippen LogP contribution in [-0.4, -0.2) is 30.4 Å². The van der Waals surface area contributed by atoms with E-state index in [0.29, 0.717) is 10.9 Å². The van der Waals surface area contributed by atoms with Crippen LogP contribution in [0.2, 0.25) is 0 Å². The molecule has 0 unspecified atom stereocenters. The number of hydrogen-bond donors (Lipinski definition) is 3. The van der Waals surface area contributed by atoms with Crippen LogP contribution in [0.25, 0.3) is 10.8 Å². The summed E-state index contributed by atoms with van der Waals surface area (Å²) in [7, 11) is 0. The molecule has 7 heteroatoms. The molecule has 26 heavy (non-hydrogen) atoms. The highest BCUT2D eigenvalue weighted by Gasteiger charge is 2.20. The molecule has 1 saturated carbocycles. The summed E-state index contributed by atoms with van der Waals surface area (Å²) in [6.45, 7) is 0.163. The third-order valence-electron chi connectivity index (χ3n) is 4.64. The SMILES string of the molecule is N=C(N)c1ccc2cocc2c1C(=O)NCCC(=O)OC1CCCCC1. The number of carbonyl (C=O) groups is 2. The van der Waals surface area contributed by atoms with Crippen molar-refractivity contribution in [3.8, 4) is 0 Å². The maximum absolute atomic E-state index is 12.6. The molecular formula is C19H23N3O4. The largest absolute Gasteiger partial charge is 0.471 e.